The van der Waals surface area contributed by atoms with Gasteiger partial charge in [-0.15, -0.1) is 0 Å². The Morgan fingerprint density at radius 2 is 2.50 bits per heavy atom. The molecule has 1 aliphatic rings. The van der Waals surface area contributed by atoms with Crippen molar-refractivity contribution in [1.82, 2.24) is 21.2 Å². The van der Waals surface area contributed by atoms with Crippen molar-refractivity contribution >= 4 is 5.91 Å². The van der Waals surface area contributed by atoms with E-state index in [1.54, 1.807) is 6.20 Å². The first-order valence-electron chi connectivity index (χ1n) is 5.18. The molecule has 1 aromatic heterocycles. The summed E-state index contributed by atoms with van der Waals surface area (Å²) >= 11 is 0. The molecule has 1 aliphatic heterocycles. The second-order valence-electron chi connectivity index (χ2n) is 3.71. The summed E-state index contributed by atoms with van der Waals surface area (Å²) in [6, 6.07) is 5.36. The fourth-order valence-corrected chi connectivity index (χ4v) is 1.70. The van der Waals surface area contributed by atoms with Crippen molar-refractivity contribution in [3.8, 4) is 0 Å². The molecule has 6 heteroatoms. The minimum absolute atomic E-state index is 0.000457. The van der Waals surface area contributed by atoms with Gasteiger partial charge in [0.05, 0.1) is 5.69 Å². The normalized spacial score (nSPS) is 24.5. The number of nitrogens with one attached hydrogen (secondary N) is 3. The Labute approximate surface area is 93.6 Å². The van der Waals surface area contributed by atoms with Crippen molar-refractivity contribution in [2.75, 3.05) is 6.54 Å². The largest absolute Gasteiger partial charge is 0.368 e. The van der Waals surface area contributed by atoms with Gasteiger partial charge < -0.3 is 11.1 Å². The minimum Gasteiger partial charge on any atom is -0.368 e. The molecule has 1 amide bonds. The van der Waals surface area contributed by atoms with E-state index in [1.807, 2.05) is 18.2 Å². The molecule has 0 aromatic carbocycles. The van der Waals surface area contributed by atoms with Crippen LogP contribution in [0.2, 0.25) is 0 Å². The molecule has 0 bridgehead atoms. The number of rotatable bonds is 4. The Morgan fingerprint density at radius 1 is 1.62 bits per heavy atom. The molecule has 1 fully saturated rings. The van der Waals surface area contributed by atoms with Crippen LogP contribution in [-0.2, 0) is 11.3 Å². The number of nitrogens with two attached hydrogens (primary N) is 1. The van der Waals surface area contributed by atoms with Gasteiger partial charge in [0.25, 0.3) is 0 Å². The van der Waals surface area contributed by atoms with Gasteiger partial charge in [0.15, 0.2) is 0 Å². The number of carbonyl (C=O) groups is 1. The molecule has 1 saturated heterocycles. The van der Waals surface area contributed by atoms with Gasteiger partial charge in [-0.3, -0.25) is 15.2 Å². The molecule has 5 N–H and O–H groups in total. The van der Waals surface area contributed by atoms with Crippen molar-refractivity contribution in [3.63, 3.8) is 0 Å². The zero-order chi connectivity index (χ0) is 11.4. The summed E-state index contributed by atoms with van der Waals surface area (Å²) in [6.07, 6.45) is 1.74. The summed E-state index contributed by atoms with van der Waals surface area (Å²) in [7, 11) is 0. The lowest BCUT2D eigenvalue weighted by molar-refractivity contribution is -0.120. The van der Waals surface area contributed by atoms with Gasteiger partial charge in [-0.25, -0.2) is 5.43 Å². The number of primary amides is 1. The van der Waals surface area contributed by atoms with Gasteiger partial charge in [0.2, 0.25) is 5.91 Å². The van der Waals surface area contributed by atoms with E-state index in [4.69, 9.17) is 5.73 Å². The van der Waals surface area contributed by atoms with Gasteiger partial charge in [0.1, 0.15) is 6.04 Å². The van der Waals surface area contributed by atoms with Crippen molar-refractivity contribution in [2.24, 2.45) is 5.73 Å². The average Bonchev–Trinajstić information content (AvgIpc) is 2.76. The smallest absolute Gasteiger partial charge is 0.237 e. The molecule has 16 heavy (non-hydrogen) atoms. The third kappa shape index (κ3) is 2.54. The second kappa shape index (κ2) is 5.02. The molecule has 0 spiro atoms. The summed E-state index contributed by atoms with van der Waals surface area (Å²) < 4.78 is 0. The zero-order valence-electron chi connectivity index (χ0n) is 8.81. The molecular formula is C10H15N5O. The predicted molar refractivity (Wildman–Crippen MR) is 59.0 cm³/mol. The summed E-state index contributed by atoms with van der Waals surface area (Å²) in [6.45, 7) is 1.29. The Balaban J connectivity index is 1.88. The molecule has 0 radical (unpaired) electrons. The maximum Gasteiger partial charge on any atom is 0.237 e. The molecule has 0 saturated carbocycles. The van der Waals surface area contributed by atoms with Crippen LogP contribution in [-0.4, -0.2) is 29.5 Å². The monoisotopic (exact) mass is 221 g/mol. The van der Waals surface area contributed by atoms with Gasteiger partial charge in [-0.2, -0.15) is 0 Å². The number of nitrogens with zero attached hydrogens (tertiary/aromatic N) is 1. The first-order chi connectivity index (χ1) is 7.77. The van der Waals surface area contributed by atoms with Crippen molar-refractivity contribution in [2.45, 2.75) is 18.6 Å². The quantitative estimate of drug-likeness (QED) is 0.497. The predicted octanol–water partition coefficient (Wildman–Crippen LogP) is -1.50. The lowest BCUT2D eigenvalue weighted by Crippen LogP contribution is -2.49. The number of hydrazine groups is 1. The lowest BCUT2D eigenvalue weighted by Gasteiger charge is -2.16. The van der Waals surface area contributed by atoms with E-state index >= 15 is 0 Å². The van der Waals surface area contributed by atoms with Gasteiger partial charge in [-0.1, -0.05) is 6.07 Å². The summed E-state index contributed by atoms with van der Waals surface area (Å²) in [5, 5.41) is 3.24. The van der Waals surface area contributed by atoms with Crippen LogP contribution in [0.5, 0.6) is 0 Å². The number of pyridine rings is 1. The van der Waals surface area contributed by atoms with E-state index in [1.165, 1.54) is 0 Å². The molecule has 1 aromatic rings. The zero-order valence-corrected chi connectivity index (χ0v) is 8.81. The molecule has 2 unspecified atom stereocenters. The van der Waals surface area contributed by atoms with Crippen LogP contribution >= 0.6 is 0 Å². The SMILES string of the molecule is NC(=O)C1NNCC1NCc1ccccn1. The van der Waals surface area contributed by atoms with Crippen LogP contribution in [0, 0.1) is 0 Å². The number of aromatic nitrogens is 1. The first kappa shape index (κ1) is 11.0. The van der Waals surface area contributed by atoms with E-state index in [0.717, 1.165) is 5.69 Å². The van der Waals surface area contributed by atoms with Gasteiger partial charge in [-0.05, 0) is 12.1 Å². The highest BCUT2D eigenvalue weighted by Gasteiger charge is 2.30. The molecule has 2 heterocycles. The highest BCUT2D eigenvalue weighted by molar-refractivity contribution is 5.81. The first-order valence-corrected chi connectivity index (χ1v) is 5.18. The molecule has 86 valence electrons. The van der Waals surface area contributed by atoms with E-state index in [2.05, 4.69) is 21.2 Å². The topological polar surface area (TPSA) is 92.1 Å². The maximum absolute atomic E-state index is 11.1. The third-order valence-electron chi connectivity index (χ3n) is 2.56. The van der Waals surface area contributed by atoms with E-state index in [9.17, 15) is 4.79 Å². The van der Waals surface area contributed by atoms with Crippen LogP contribution in [0.1, 0.15) is 5.69 Å². The highest BCUT2D eigenvalue weighted by Crippen LogP contribution is 2.00. The second-order valence-corrected chi connectivity index (χ2v) is 3.71. The molecule has 2 atom stereocenters. The van der Waals surface area contributed by atoms with E-state index in [0.29, 0.717) is 13.1 Å². The Hall–Kier alpha value is -1.50. The summed E-state index contributed by atoms with van der Waals surface area (Å²) in [4.78, 5) is 15.3. The number of carbonyl (C=O) groups excluding carboxylic acids is 1. The van der Waals surface area contributed by atoms with Crippen molar-refractivity contribution in [1.29, 1.82) is 0 Å². The highest BCUT2D eigenvalue weighted by atomic mass is 16.1. The fraction of sp³-hybridized carbons (Fsp3) is 0.400. The standard InChI is InChI=1S/C10H15N5O/c11-10(16)9-8(6-14-15-9)13-5-7-3-1-2-4-12-7/h1-4,8-9,13-15H,5-6H2,(H2,11,16). The van der Waals surface area contributed by atoms with Crippen LogP contribution in [0.25, 0.3) is 0 Å². The summed E-state index contributed by atoms with van der Waals surface area (Å²) in [5.74, 6) is -0.358. The minimum atomic E-state index is -0.372. The van der Waals surface area contributed by atoms with E-state index in [-0.39, 0.29) is 18.0 Å². The Bertz CT molecular complexity index is 355. The lowest BCUT2D eigenvalue weighted by atomic mass is 10.1. The van der Waals surface area contributed by atoms with Crippen LogP contribution in [0.3, 0.4) is 0 Å². The molecule has 0 aliphatic carbocycles. The van der Waals surface area contributed by atoms with E-state index < -0.39 is 0 Å². The average molecular weight is 221 g/mol. The third-order valence-corrected chi connectivity index (χ3v) is 2.56. The van der Waals surface area contributed by atoms with Gasteiger partial charge in [0, 0.05) is 25.3 Å². The van der Waals surface area contributed by atoms with Crippen LogP contribution < -0.4 is 21.9 Å². The molecule has 2 rings (SSSR count). The summed E-state index contributed by atoms with van der Waals surface area (Å²) in [5.41, 5.74) is 11.9. The van der Waals surface area contributed by atoms with Crippen molar-refractivity contribution in [3.05, 3.63) is 30.1 Å². The number of hydrogen-bond acceptors (Lipinski definition) is 5. The van der Waals surface area contributed by atoms with Gasteiger partial charge >= 0.3 is 0 Å². The van der Waals surface area contributed by atoms with Crippen LogP contribution in [0.15, 0.2) is 24.4 Å². The Kier molecular flexibility index (Phi) is 3.45. The van der Waals surface area contributed by atoms with Crippen molar-refractivity contribution < 1.29 is 4.79 Å². The molecule has 6 nitrogen and oxygen atoms in total. The Morgan fingerprint density at radius 3 is 3.19 bits per heavy atom. The number of amides is 1. The van der Waals surface area contributed by atoms with Crippen LogP contribution in [0.4, 0.5) is 0 Å². The molecular weight excluding hydrogens is 206 g/mol. The maximum atomic E-state index is 11.1. The fourth-order valence-electron chi connectivity index (χ4n) is 1.70. The number of hydrogen-bond donors (Lipinski definition) is 4.